The van der Waals surface area contributed by atoms with Gasteiger partial charge in [-0.1, -0.05) is 73.5 Å². The second-order valence-electron chi connectivity index (χ2n) is 8.98. The van der Waals surface area contributed by atoms with Gasteiger partial charge in [-0.2, -0.15) is 0 Å². The largest absolute Gasteiger partial charge is 0.310 e. The Morgan fingerprint density at radius 3 is 1.41 bits per heavy atom. The summed E-state index contributed by atoms with van der Waals surface area (Å²) in [5.74, 6) is -2.33. The molecule has 2 aromatic carbocycles. The van der Waals surface area contributed by atoms with Crippen LogP contribution in [0.5, 0.6) is 0 Å². The van der Waals surface area contributed by atoms with Crippen molar-refractivity contribution in [3.8, 4) is 0 Å². The number of benzene rings is 2. The maximum atomic E-state index is 13.7. The topological polar surface area (TPSA) is 74.8 Å². The SMILES string of the molecule is O=C(C1CCC1)N1C(=O)C(c2ccccc2)N(C(=O)C2CCC2)C(c2ccccc2)C1=O. The Morgan fingerprint density at radius 2 is 1.03 bits per heavy atom. The first-order valence-electron chi connectivity index (χ1n) is 11.4. The molecule has 4 amide bonds. The van der Waals surface area contributed by atoms with Gasteiger partial charge in [-0.05, 0) is 36.8 Å². The minimum Gasteiger partial charge on any atom is -0.310 e. The van der Waals surface area contributed by atoms with Crippen molar-refractivity contribution in [3.05, 3.63) is 71.8 Å². The fourth-order valence-corrected chi connectivity index (χ4v) is 4.79. The van der Waals surface area contributed by atoms with E-state index in [1.165, 1.54) is 4.90 Å². The third-order valence-corrected chi connectivity index (χ3v) is 7.08. The standard InChI is InChI=1S/C26H26N2O4/c29-23(19-13-7-14-19)27-21(17-9-3-1-4-10-17)25(31)28(24(30)20-15-8-16-20)26(32)22(27)18-11-5-2-6-12-18/h1-6,9-12,19-22H,7-8,13-16H2. The summed E-state index contributed by atoms with van der Waals surface area (Å²) in [7, 11) is 0. The van der Waals surface area contributed by atoms with Crippen molar-refractivity contribution in [1.82, 2.24) is 9.80 Å². The van der Waals surface area contributed by atoms with Crippen LogP contribution in [0.15, 0.2) is 60.7 Å². The fraction of sp³-hybridized carbons (Fsp3) is 0.385. The van der Waals surface area contributed by atoms with Crippen molar-refractivity contribution >= 4 is 23.6 Å². The highest BCUT2D eigenvalue weighted by Gasteiger charge is 2.54. The molecular formula is C26H26N2O4. The zero-order valence-corrected chi connectivity index (χ0v) is 17.9. The smallest absolute Gasteiger partial charge is 0.263 e. The molecule has 3 fully saturated rings. The van der Waals surface area contributed by atoms with Crippen molar-refractivity contribution in [3.63, 3.8) is 0 Å². The van der Waals surface area contributed by atoms with E-state index in [0.29, 0.717) is 24.0 Å². The van der Waals surface area contributed by atoms with Gasteiger partial charge in [-0.25, -0.2) is 4.90 Å². The second-order valence-corrected chi connectivity index (χ2v) is 8.98. The predicted molar refractivity (Wildman–Crippen MR) is 117 cm³/mol. The first-order chi connectivity index (χ1) is 15.6. The lowest BCUT2D eigenvalue weighted by atomic mass is 9.81. The van der Waals surface area contributed by atoms with E-state index in [1.54, 1.807) is 48.5 Å². The number of hydrogen-bond donors (Lipinski definition) is 0. The highest BCUT2D eigenvalue weighted by Crippen LogP contribution is 2.43. The van der Waals surface area contributed by atoms with Crippen LogP contribution in [0, 0.1) is 11.8 Å². The maximum absolute atomic E-state index is 13.7. The molecule has 1 saturated heterocycles. The van der Waals surface area contributed by atoms with Crippen LogP contribution in [0.3, 0.4) is 0 Å². The number of amides is 4. The molecule has 6 nitrogen and oxygen atoms in total. The van der Waals surface area contributed by atoms with Gasteiger partial charge in [0.25, 0.3) is 11.8 Å². The van der Waals surface area contributed by atoms with E-state index in [1.807, 2.05) is 12.1 Å². The Balaban J connectivity index is 1.65. The molecular weight excluding hydrogens is 404 g/mol. The summed E-state index contributed by atoms with van der Waals surface area (Å²) in [5.41, 5.74) is 1.23. The number of rotatable bonds is 4. The molecule has 3 aliphatic rings. The van der Waals surface area contributed by atoms with Gasteiger partial charge < -0.3 is 4.90 Å². The van der Waals surface area contributed by atoms with E-state index in [0.717, 1.165) is 30.6 Å². The van der Waals surface area contributed by atoms with Crippen LogP contribution in [-0.2, 0) is 19.2 Å². The van der Waals surface area contributed by atoms with Crippen LogP contribution >= 0.6 is 0 Å². The summed E-state index contributed by atoms with van der Waals surface area (Å²) in [4.78, 5) is 56.6. The Hall–Kier alpha value is -3.28. The van der Waals surface area contributed by atoms with Gasteiger partial charge in [-0.3, -0.25) is 19.2 Å². The monoisotopic (exact) mass is 430 g/mol. The molecule has 5 rings (SSSR count). The quantitative estimate of drug-likeness (QED) is 0.692. The van der Waals surface area contributed by atoms with Crippen molar-refractivity contribution < 1.29 is 19.2 Å². The Bertz CT molecular complexity index is 985. The van der Waals surface area contributed by atoms with E-state index in [9.17, 15) is 19.2 Å². The highest BCUT2D eigenvalue weighted by molar-refractivity contribution is 6.17. The lowest BCUT2D eigenvalue weighted by Crippen LogP contribution is -2.62. The molecule has 0 spiro atoms. The summed E-state index contributed by atoms with van der Waals surface area (Å²) in [6.45, 7) is 0. The number of carbonyl (C=O) groups excluding carboxylic acids is 4. The second kappa shape index (κ2) is 8.34. The van der Waals surface area contributed by atoms with Gasteiger partial charge in [0.1, 0.15) is 12.1 Å². The van der Waals surface area contributed by atoms with Crippen molar-refractivity contribution in [2.45, 2.75) is 50.6 Å². The first-order valence-corrected chi connectivity index (χ1v) is 11.4. The Labute approximate surface area is 187 Å². The lowest BCUT2D eigenvalue weighted by molar-refractivity contribution is -0.175. The molecule has 32 heavy (non-hydrogen) atoms. The Morgan fingerprint density at radius 1 is 0.625 bits per heavy atom. The van der Waals surface area contributed by atoms with Gasteiger partial charge in [-0.15, -0.1) is 0 Å². The number of nitrogens with zero attached hydrogens (tertiary/aromatic N) is 2. The lowest BCUT2D eigenvalue weighted by Gasteiger charge is -2.47. The van der Waals surface area contributed by atoms with Crippen molar-refractivity contribution in [1.29, 1.82) is 0 Å². The third-order valence-electron chi connectivity index (χ3n) is 7.08. The van der Waals surface area contributed by atoms with Crippen LogP contribution in [0.4, 0.5) is 0 Å². The predicted octanol–water partition coefficient (Wildman–Crippen LogP) is 3.79. The van der Waals surface area contributed by atoms with E-state index in [2.05, 4.69) is 0 Å². The maximum Gasteiger partial charge on any atom is 0.263 e. The average Bonchev–Trinajstić information content (AvgIpc) is 2.72. The minimum absolute atomic E-state index is 0.184. The molecule has 2 aliphatic carbocycles. The van der Waals surface area contributed by atoms with Gasteiger partial charge in [0.2, 0.25) is 11.8 Å². The summed E-state index contributed by atoms with van der Waals surface area (Å²) in [5, 5.41) is 0. The minimum atomic E-state index is -1.00. The zero-order valence-electron chi connectivity index (χ0n) is 17.9. The molecule has 1 heterocycles. The molecule has 2 unspecified atom stereocenters. The van der Waals surface area contributed by atoms with Gasteiger partial charge in [0.05, 0.1) is 0 Å². The fourth-order valence-electron chi connectivity index (χ4n) is 4.79. The average molecular weight is 431 g/mol. The summed E-state index contributed by atoms with van der Waals surface area (Å²) < 4.78 is 0. The zero-order chi connectivity index (χ0) is 22.2. The number of imide groups is 3. The van der Waals surface area contributed by atoms with E-state index >= 15 is 0 Å². The first kappa shape index (κ1) is 20.6. The number of piperazine rings is 1. The summed E-state index contributed by atoms with van der Waals surface area (Å²) in [6, 6.07) is 16.0. The summed E-state index contributed by atoms with van der Waals surface area (Å²) >= 11 is 0. The third kappa shape index (κ3) is 3.34. The number of hydrogen-bond acceptors (Lipinski definition) is 4. The normalized spacial score (nSPS) is 24.1. The van der Waals surface area contributed by atoms with Gasteiger partial charge in [0.15, 0.2) is 0 Å². The molecule has 0 N–H and O–H groups in total. The molecule has 0 radical (unpaired) electrons. The van der Waals surface area contributed by atoms with Gasteiger partial charge >= 0.3 is 0 Å². The van der Waals surface area contributed by atoms with Crippen LogP contribution in [-0.4, -0.2) is 33.4 Å². The van der Waals surface area contributed by atoms with Crippen molar-refractivity contribution in [2.24, 2.45) is 11.8 Å². The molecule has 0 aromatic heterocycles. The molecule has 2 aromatic rings. The molecule has 2 atom stereocenters. The van der Waals surface area contributed by atoms with E-state index in [4.69, 9.17) is 0 Å². The van der Waals surface area contributed by atoms with Gasteiger partial charge in [0, 0.05) is 11.8 Å². The molecule has 6 heteroatoms. The van der Waals surface area contributed by atoms with Crippen LogP contribution in [0.1, 0.15) is 61.7 Å². The molecule has 0 bridgehead atoms. The number of carbonyl (C=O) groups is 4. The van der Waals surface area contributed by atoms with Crippen LogP contribution in [0.2, 0.25) is 0 Å². The van der Waals surface area contributed by atoms with Crippen LogP contribution in [0.25, 0.3) is 0 Å². The summed E-state index contributed by atoms with van der Waals surface area (Å²) in [6.07, 6.45) is 4.77. The highest BCUT2D eigenvalue weighted by atomic mass is 16.2. The van der Waals surface area contributed by atoms with Crippen LogP contribution < -0.4 is 0 Å². The van der Waals surface area contributed by atoms with E-state index in [-0.39, 0.29) is 17.7 Å². The molecule has 1 aliphatic heterocycles. The molecule has 2 saturated carbocycles. The molecule has 164 valence electrons. The van der Waals surface area contributed by atoms with Crippen molar-refractivity contribution in [2.75, 3.05) is 0 Å². The van der Waals surface area contributed by atoms with E-state index < -0.39 is 29.8 Å². The Kier molecular flexibility index (Phi) is 5.37.